The predicted octanol–water partition coefficient (Wildman–Crippen LogP) is 2.57. The molecule has 3 aliphatic rings. The van der Waals surface area contributed by atoms with Crippen LogP contribution in [0.4, 0.5) is 0 Å². The number of ether oxygens (including phenoxy) is 2. The second kappa shape index (κ2) is 8.92. The first-order valence-electron chi connectivity index (χ1n) is 10.6. The first-order valence-corrected chi connectivity index (χ1v) is 10.6. The SMILES string of the molecule is COc1ccc(COc2c[nH]c(C(=O)NCC34CCCN(CC3)CC4)cc2=O)cc1. The van der Waals surface area contributed by atoms with Gasteiger partial charge < -0.3 is 24.7 Å². The Balaban J connectivity index is 1.34. The quantitative estimate of drug-likeness (QED) is 0.732. The molecule has 30 heavy (non-hydrogen) atoms. The molecule has 3 saturated heterocycles. The summed E-state index contributed by atoms with van der Waals surface area (Å²) < 4.78 is 10.7. The minimum atomic E-state index is -0.312. The number of fused-ring (bicyclic) bond motifs is 4. The lowest BCUT2D eigenvalue weighted by molar-refractivity contribution is 0.0882. The van der Waals surface area contributed by atoms with Crippen molar-refractivity contribution in [3.8, 4) is 11.5 Å². The molecule has 0 atom stereocenters. The van der Waals surface area contributed by atoms with Crippen molar-refractivity contribution >= 4 is 5.91 Å². The van der Waals surface area contributed by atoms with E-state index in [0.717, 1.165) is 43.7 Å². The average molecular weight is 412 g/mol. The fraction of sp³-hybridized carbons (Fsp3) is 0.478. The molecule has 0 aliphatic carbocycles. The van der Waals surface area contributed by atoms with Gasteiger partial charge in [-0.1, -0.05) is 12.1 Å². The maximum absolute atomic E-state index is 12.6. The number of hydrogen-bond acceptors (Lipinski definition) is 5. The van der Waals surface area contributed by atoms with Crippen LogP contribution in [0.3, 0.4) is 0 Å². The van der Waals surface area contributed by atoms with Crippen LogP contribution in [0.25, 0.3) is 0 Å². The van der Waals surface area contributed by atoms with Crippen LogP contribution in [0.15, 0.2) is 41.3 Å². The van der Waals surface area contributed by atoms with Gasteiger partial charge in [0.05, 0.1) is 7.11 Å². The molecule has 0 radical (unpaired) electrons. The summed E-state index contributed by atoms with van der Waals surface area (Å²) in [6.07, 6.45) is 6.05. The van der Waals surface area contributed by atoms with Crippen LogP contribution in [0.5, 0.6) is 11.5 Å². The number of rotatable bonds is 7. The predicted molar refractivity (Wildman–Crippen MR) is 114 cm³/mol. The highest BCUT2D eigenvalue weighted by Gasteiger charge is 2.37. The fourth-order valence-corrected chi connectivity index (χ4v) is 4.39. The van der Waals surface area contributed by atoms with E-state index in [-0.39, 0.29) is 34.8 Å². The molecule has 7 heteroatoms. The summed E-state index contributed by atoms with van der Waals surface area (Å²) in [7, 11) is 1.61. The summed E-state index contributed by atoms with van der Waals surface area (Å²) in [6, 6.07) is 8.76. The molecule has 1 amide bonds. The number of amides is 1. The third-order valence-corrected chi connectivity index (χ3v) is 6.40. The van der Waals surface area contributed by atoms with E-state index in [1.807, 2.05) is 24.3 Å². The van der Waals surface area contributed by atoms with E-state index < -0.39 is 0 Å². The normalized spacial score (nSPS) is 22.9. The van der Waals surface area contributed by atoms with E-state index >= 15 is 0 Å². The average Bonchev–Trinajstić information content (AvgIpc) is 3.11. The standard InChI is InChI=1S/C23H29N3O4/c1-29-18-5-3-17(4-6-18)15-30-21-14-24-19(13-20(21)27)22(28)25-16-23-7-2-10-26(11-8-23)12-9-23/h3-6,13-14H,2,7-12,15-16H2,1H3,(H,24,27)(H,25,28). The highest BCUT2D eigenvalue weighted by molar-refractivity contribution is 5.92. The molecule has 5 rings (SSSR count). The highest BCUT2D eigenvalue weighted by Crippen LogP contribution is 2.38. The van der Waals surface area contributed by atoms with Gasteiger partial charge in [0, 0.05) is 18.8 Å². The van der Waals surface area contributed by atoms with E-state index in [2.05, 4.69) is 15.2 Å². The first kappa shape index (κ1) is 20.5. The van der Waals surface area contributed by atoms with Crippen molar-refractivity contribution in [2.75, 3.05) is 33.3 Å². The van der Waals surface area contributed by atoms with Crippen LogP contribution in [-0.4, -0.2) is 49.1 Å². The maximum Gasteiger partial charge on any atom is 0.267 e. The number of pyridine rings is 1. The summed E-state index contributed by atoms with van der Waals surface area (Å²) in [5, 5.41) is 3.05. The molecule has 1 aromatic carbocycles. The number of nitrogens with one attached hydrogen (secondary N) is 2. The van der Waals surface area contributed by atoms with Gasteiger partial charge in [-0.2, -0.15) is 0 Å². The number of carbonyl (C=O) groups excluding carboxylic acids is 1. The van der Waals surface area contributed by atoms with Crippen LogP contribution < -0.4 is 20.2 Å². The molecule has 160 valence electrons. The van der Waals surface area contributed by atoms with E-state index in [9.17, 15) is 9.59 Å². The monoisotopic (exact) mass is 411 g/mol. The smallest absolute Gasteiger partial charge is 0.267 e. The number of carbonyl (C=O) groups is 1. The van der Waals surface area contributed by atoms with E-state index in [1.165, 1.54) is 25.2 Å². The highest BCUT2D eigenvalue weighted by atomic mass is 16.5. The van der Waals surface area contributed by atoms with Crippen molar-refractivity contribution < 1.29 is 14.3 Å². The zero-order chi connectivity index (χ0) is 21.0. The molecule has 0 unspecified atom stereocenters. The molecule has 2 bridgehead atoms. The van der Waals surface area contributed by atoms with Crippen molar-refractivity contribution in [3.05, 3.63) is 58.0 Å². The second-order valence-corrected chi connectivity index (χ2v) is 8.34. The van der Waals surface area contributed by atoms with Crippen molar-refractivity contribution in [2.24, 2.45) is 5.41 Å². The lowest BCUT2D eigenvalue weighted by Crippen LogP contribution is -2.43. The molecule has 0 spiro atoms. The minimum absolute atomic E-state index is 0.192. The number of hydrogen-bond donors (Lipinski definition) is 2. The second-order valence-electron chi connectivity index (χ2n) is 8.34. The van der Waals surface area contributed by atoms with Crippen LogP contribution in [0, 0.1) is 5.41 Å². The lowest BCUT2D eigenvalue weighted by Gasteiger charge is -2.38. The van der Waals surface area contributed by atoms with Crippen LogP contribution in [0.2, 0.25) is 0 Å². The molecule has 2 aromatic rings. The van der Waals surface area contributed by atoms with E-state index in [4.69, 9.17) is 9.47 Å². The third-order valence-electron chi connectivity index (χ3n) is 6.40. The Hall–Kier alpha value is -2.80. The zero-order valence-electron chi connectivity index (χ0n) is 17.4. The molecular weight excluding hydrogens is 382 g/mol. The van der Waals surface area contributed by atoms with Gasteiger partial charge in [-0.15, -0.1) is 0 Å². The van der Waals surface area contributed by atoms with Gasteiger partial charge >= 0.3 is 0 Å². The number of aromatic amines is 1. The maximum atomic E-state index is 12.6. The topological polar surface area (TPSA) is 83.7 Å². The Bertz CT molecular complexity index is 925. The van der Waals surface area contributed by atoms with Gasteiger partial charge in [0.1, 0.15) is 18.1 Å². The molecule has 0 saturated carbocycles. The largest absolute Gasteiger partial charge is 0.497 e. The Labute approximate surface area is 176 Å². The lowest BCUT2D eigenvalue weighted by atomic mass is 9.76. The van der Waals surface area contributed by atoms with Crippen LogP contribution >= 0.6 is 0 Å². The Morgan fingerprint density at radius 2 is 1.93 bits per heavy atom. The number of H-pyrrole nitrogens is 1. The summed E-state index contributed by atoms with van der Waals surface area (Å²) in [5.74, 6) is 0.716. The number of nitrogens with zero attached hydrogens (tertiary/aromatic N) is 1. The zero-order valence-corrected chi connectivity index (χ0v) is 17.4. The summed E-state index contributed by atoms with van der Waals surface area (Å²) in [4.78, 5) is 30.4. The van der Waals surface area contributed by atoms with Gasteiger partial charge in [-0.05, 0) is 68.4 Å². The van der Waals surface area contributed by atoms with Crippen molar-refractivity contribution in [2.45, 2.75) is 32.3 Å². The number of methoxy groups -OCH3 is 1. The molecule has 7 nitrogen and oxygen atoms in total. The van der Waals surface area contributed by atoms with Gasteiger partial charge in [-0.3, -0.25) is 9.59 Å². The van der Waals surface area contributed by atoms with Gasteiger partial charge in [0.15, 0.2) is 5.75 Å². The van der Waals surface area contributed by atoms with E-state index in [1.54, 1.807) is 7.11 Å². The van der Waals surface area contributed by atoms with Crippen molar-refractivity contribution in [1.29, 1.82) is 0 Å². The molecule has 3 fully saturated rings. The molecule has 2 N–H and O–H groups in total. The Morgan fingerprint density at radius 1 is 1.17 bits per heavy atom. The van der Waals surface area contributed by atoms with E-state index in [0.29, 0.717) is 6.54 Å². The fourth-order valence-electron chi connectivity index (χ4n) is 4.39. The Morgan fingerprint density at radius 3 is 2.63 bits per heavy atom. The number of aromatic nitrogens is 1. The summed E-state index contributed by atoms with van der Waals surface area (Å²) >= 11 is 0. The molecule has 1 aromatic heterocycles. The first-order chi connectivity index (χ1) is 14.6. The number of benzene rings is 1. The molecule has 4 heterocycles. The van der Waals surface area contributed by atoms with Crippen LogP contribution in [-0.2, 0) is 6.61 Å². The van der Waals surface area contributed by atoms with Crippen molar-refractivity contribution in [1.82, 2.24) is 15.2 Å². The van der Waals surface area contributed by atoms with Crippen molar-refractivity contribution in [3.63, 3.8) is 0 Å². The van der Waals surface area contributed by atoms with Gasteiger partial charge in [-0.25, -0.2) is 0 Å². The summed E-state index contributed by atoms with van der Waals surface area (Å²) in [5.41, 5.74) is 1.07. The minimum Gasteiger partial charge on any atom is -0.497 e. The molecular formula is C23H29N3O4. The Kier molecular flexibility index (Phi) is 6.08. The van der Waals surface area contributed by atoms with Gasteiger partial charge in [0.2, 0.25) is 5.43 Å². The summed E-state index contributed by atoms with van der Waals surface area (Å²) in [6.45, 7) is 4.33. The molecule has 3 aliphatic heterocycles. The number of piperidine rings is 1. The van der Waals surface area contributed by atoms with Crippen LogP contribution in [0.1, 0.15) is 41.7 Å². The third kappa shape index (κ3) is 4.67. The van der Waals surface area contributed by atoms with Gasteiger partial charge in [0.25, 0.3) is 5.91 Å².